The molecule has 0 amide bonds. The molecule has 0 aromatic heterocycles. The molecule has 0 aliphatic rings. The van der Waals surface area contributed by atoms with Crippen molar-refractivity contribution in [3.05, 3.63) is 0 Å². The number of rotatable bonds is 71. The Morgan fingerprint density at radius 1 is 0.297 bits per heavy atom. The molecule has 0 radical (unpaired) electrons. The first kappa shape index (κ1) is 89.1. The Balaban J connectivity index is 5.25. The van der Waals surface area contributed by atoms with E-state index in [1.165, 1.54) is 186 Å². The predicted molar refractivity (Wildman–Crippen MR) is 368 cm³/mol. The van der Waals surface area contributed by atoms with Crippen molar-refractivity contribution in [3.63, 3.8) is 0 Å². The summed E-state index contributed by atoms with van der Waals surface area (Å²) in [5.41, 5.74) is 0. The van der Waals surface area contributed by atoms with Crippen LogP contribution in [0.3, 0.4) is 0 Å². The lowest BCUT2D eigenvalue weighted by molar-refractivity contribution is -0.161. The lowest BCUT2D eigenvalue weighted by atomic mass is 10.0. The molecule has 0 aromatic rings. The lowest BCUT2D eigenvalue weighted by Crippen LogP contribution is -2.30. The number of hydrogen-bond donors (Lipinski definition) is 3. The minimum absolute atomic E-state index is 0.107. The van der Waals surface area contributed by atoms with Crippen LogP contribution in [-0.2, 0) is 65.4 Å². The molecular formula is C72H140O17P2. The van der Waals surface area contributed by atoms with Crippen LogP contribution in [0.2, 0.25) is 0 Å². The Morgan fingerprint density at radius 2 is 0.505 bits per heavy atom. The molecule has 91 heavy (non-hydrogen) atoms. The number of unbranched alkanes of at least 4 members (excludes halogenated alkanes) is 41. The van der Waals surface area contributed by atoms with Gasteiger partial charge < -0.3 is 33.8 Å². The third kappa shape index (κ3) is 66.5. The smallest absolute Gasteiger partial charge is 0.462 e. The van der Waals surface area contributed by atoms with Crippen LogP contribution in [0.25, 0.3) is 0 Å². The number of ether oxygens (including phenoxy) is 4. The van der Waals surface area contributed by atoms with Crippen LogP contribution in [0.15, 0.2) is 0 Å². The van der Waals surface area contributed by atoms with Gasteiger partial charge in [-0.1, -0.05) is 318 Å². The fraction of sp³-hybridized carbons (Fsp3) is 0.944. The van der Waals surface area contributed by atoms with E-state index in [2.05, 4.69) is 41.5 Å². The van der Waals surface area contributed by atoms with Gasteiger partial charge in [-0.15, -0.1) is 0 Å². The van der Waals surface area contributed by atoms with Gasteiger partial charge in [0.25, 0.3) is 0 Å². The molecule has 0 rings (SSSR count). The van der Waals surface area contributed by atoms with Gasteiger partial charge in [-0.05, 0) is 37.5 Å². The number of hydrogen-bond acceptors (Lipinski definition) is 15. The highest BCUT2D eigenvalue weighted by molar-refractivity contribution is 7.47. The Kier molecular flexibility index (Phi) is 62.7. The first-order chi connectivity index (χ1) is 43.9. The summed E-state index contributed by atoms with van der Waals surface area (Å²) in [7, 11) is -9.90. The molecule has 5 atom stereocenters. The Morgan fingerprint density at radius 3 is 0.747 bits per heavy atom. The SMILES string of the molecule is CCCCCCCCCCCCCCC(=O)O[C@H](COC(=O)CCCCCCCCCCCC)COP(=O)(O)OC[C@H](O)COP(=O)(O)OC[C@@H](COC(=O)CCCCCCCCCCCCCC(C)C)OC(=O)CCCCCCCCCCCCCCC(C)C. The van der Waals surface area contributed by atoms with Crippen molar-refractivity contribution in [2.75, 3.05) is 39.6 Å². The first-order valence-corrected chi connectivity index (χ1v) is 40.5. The molecule has 17 nitrogen and oxygen atoms in total. The highest BCUT2D eigenvalue weighted by atomic mass is 31.2. The van der Waals surface area contributed by atoms with Crippen LogP contribution >= 0.6 is 15.6 Å². The Hall–Kier alpha value is -1.94. The van der Waals surface area contributed by atoms with Crippen molar-refractivity contribution >= 4 is 39.5 Å². The first-order valence-electron chi connectivity index (χ1n) is 37.5. The third-order valence-corrected chi connectivity index (χ3v) is 18.6. The third-order valence-electron chi connectivity index (χ3n) is 16.7. The molecule has 0 spiro atoms. The summed E-state index contributed by atoms with van der Waals surface area (Å²) in [6.45, 7) is 9.57. The molecular weight excluding hydrogens is 1200 g/mol. The van der Waals surface area contributed by atoms with Gasteiger partial charge >= 0.3 is 39.5 Å². The summed E-state index contributed by atoms with van der Waals surface area (Å²) in [6, 6.07) is 0. The van der Waals surface area contributed by atoms with E-state index < -0.39 is 97.5 Å². The summed E-state index contributed by atoms with van der Waals surface area (Å²) in [4.78, 5) is 72.6. The summed E-state index contributed by atoms with van der Waals surface area (Å²) < 4.78 is 68.4. The van der Waals surface area contributed by atoms with E-state index in [0.717, 1.165) is 102 Å². The average Bonchev–Trinajstić information content (AvgIpc) is 3.72. The minimum Gasteiger partial charge on any atom is -0.462 e. The summed E-state index contributed by atoms with van der Waals surface area (Å²) in [5.74, 6) is -0.572. The second kappa shape index (κ2) is 64.1. The van der Waals surface area contributed by atoms with Crippen molar-refractivity contribution in [1.82, 2.24) is 0 Å². The van der Waals surface area contributed by atoms with E-state index in [1.54, 1.807) is 0 Å². The fourth-order valence-electron chi connectivity index (χ4n) is 10.9. The van der Waals surface area contributed by atoms with Crippen LogP contribution in [0.4, 0.5) is 0 Å². The zero-order valence-electron chi connectivity index (χ0n) is 59.1. The maximum atomic E-state index is 13.0. The standard InChI is InChI=1S/C72H140O17P2/c1-7-9-11-13-15-17-19-25-32-38-44-50-56-71(76)88-67(60-82-69(74)54-48-42-36-30-18-16-14-12-10-8-2)62-86-90(78,79)84-58-66(73)59-85-91(80,81)87-63-68(61-83-70(75)55-49-43-37-31-27-22-24-29-35-41-47-53-65(5)6)89-72(77)57-51-45-39-33-26-21-20-23-28-34-40-46-52-64(3)4/h64-68,73H,7-63H2,1-6H3,(H,78,79)(H,80,81)/t66-,67+,68+/m0/s1. The molecule has 0 bridgehead atoms. The van der Waals surface area contributed by atoms with Gasteiger partial charge in [0.1, 0.15) is 19.3 Å². The van der Waals surface area contributed by atoms with E-state index in [-0.39, 0.29) is 25.7 Å². The zero-order valence-corrected chi connectivity index (χ0v) is 60.9. The van der Waals surface area contributed by atoms with Crippen LogP contribution in [0.5, 0.6) is 0 Å². The van der Waals surface area contributed by atoms with E-state index in [0.29, 0.717) is 25.7 Å². The average molecular weight is 1340 g/mol. The molecule has 0 aromatic carbocycles. The molecule has 0 saturated carbocycles. The molecule has 0 fully saturated rings. The highest BCUT2D eigenvalue weighted by Gasteiger charge is 2.30. The van der Waals surface area contributed by atoms with Gasteiger partial charge in [0, 0.05) is 25.7 Å². The van der Waals surface area contributed by atoms with Gasteiger partial charge in [0.2, 0.25) is 0 Å². The maximum Gasteiger partial charge on any atom is 0.472 e. The second-order valence-corrected chi connectivity index (χ2v) is 29.8. The monoisotopic (exact) mass is 1340 g/mol. The van der Waals surface area contributed by atoms with Gasteiger partial charge in [-0.2, -0.15) is 0 Å². The largest absolute Gasteiger partial charge is 0.472 e. The number of phosphoric acid groups is 2. The number of phosphoric ester groups is 2. The quantitative estimate of drug-likeness (QED) is 0.0222. The van der Waals surface area contributed by atoms with E-state index in [1.807, 2.05) is 0 Å². The number of carbonyl (C=O) groups excluding carboxylic acids is 4. The molecule has 0 heterocycles. The summed E-state index contributed by atoms with van der Waals surface area (Å²) in [5, 5.41) is 10.6. The predicted octanol–water partition coefficient (Wildman–Crippen LogP) is 20.8. The van der Waals surface area contributed by atoms with E-state index >= 15 is 0 Å². The van der Waals surface area contributed by atoms with Crippen molar-refractivity contribution in [3.8, 4) is 0 Å². The van der Waals surface area contributed by atoms with Crippen molar-refractivity contribution in [2.45, 2.75) is 387 Å². The van der Waals surface area contributed by atoms with Gasteiger partial charge in [-0.3, -0.25) is 37.3 Å². The van der Waals surface area contributed by atoms with Gasteiger partial charge in [0.15, 0.2) is 12.2 Å². The molecule has 0 aliphatic heterocycles. The highest BCUT2D eigenvalue weighted by Crippen LogP contribution is 2.45. The lowest BCUT2D eigenvalue weighted by Gasteiger charge is -2.21. The minimum atomic E-state index is -4.95. The number of aliphatic hydroxyl groups excluding tert-OH is 1. The molecule has 0 aliphatic carbocycles. The van der Waals surface area contributed by atoms with Crippen molar-refractivity contribution in [1.29, 1.82) is 0 Å². The van der Waals surface area contributed by atoms with E-state index in [9.17, 15) is 43.2 Å². The fourth-order valence-corrected chi connectivity index (χ4v) is 12.5. The van der Waals surface area contributed by atoms with Crippen LogP contribution in [-0.4, -0.2) is 96.7 Å². The maximum absolute atomic E-state index is 13.0. The number of aliphatic hydroxyl groups is 1. The molecule has 19 heteroatoms. The number of carbonyl (C=O) groups is 4. The van der Waals surface area contributed by atoms with Crippen LogP contribution in [0, 0.1) is 11.8 Å². The Bertz CT molecular complexity index is 1770. The molecule has 540 valence electrons. The number of esters is 4. The summed E-state index contributed by atoms with van der Waals surface area (Å²) in [6.07, 6.45) is 49.8. The molecule has 0 saturated heterocycles. The van der Waals surface area contributed by atoms with Crippen molar-refractivity contribution in [2.24, 2.45) is 11.8 Å². The normalized spacial score (nSPS) is 14.1. The van der Waals surface area contributed by atoms with Crippen molar-refractivity contribution < 1.29 is 80.2 Å². The Labute approximate surface area is 556 Å². The summed E-state index contributed by atoms with van der Waals surface area (Å²) >= 11 is 0. The molecule has 3 N–H and O–H groups in total. The zero-order chi connectivity index (χ0) is 67.2. The van der Waals surface area contributed by atoms with Gasteiger partial charge in [-0.25, -0.2) is 9.13 Å². The van der Waals surface area contributed by atoms with Gasteiger partial charge in [0.05, 0.1) is 26.4 Å². The molecule has 2 unspecified atom stereocenters. The van der Waals surface area contributed by atoms with Crippen LogP contribution in [0.1, 0.15) is 369 Å². The second-order valence-electron chi connectivity index (χ2n) is 26.9. The van der Waals surface area contributed by atoms with Crippen LogP contribution < -0.4 is 0 Å². The van der Waals surface area contributed by atoms with E-state index in [4.69, 9.17) is 37.0 Å². The topological polar surface area (TPSA) is 237 Å².